The Labute approximate surface area is 136 Å². The zero-order valence-electron chi connectivity index (χ0n) is 11.8. The van der Waals surface area contributed by atoms with Crippen molar-refractivity contribution in [3.63, 3.8) is 0 Å². The van der Waals surface area contributed by atoms with Crippen molar-refractivity contribution < 1.29 is 9.66 Å². The van der Waals surface area contributed by atoms with Crippen LogP contribution in [0.3, 0.4) is 0 Å². The summed E-state index contributed by atoms with van der Waals surface area (Å²) in [5.41, 5.74) is -0.0681. The Bertz CT molecular complexity index is 793. The van der Waals surface area contributed by atoms with Gasteiger partial charge in [0.2, 0.25) is 5.88 Å². The summed E-state index contributed by atoms with van der Waals surface area (Å²) in [5.74, 6) is 0.926. The fourth-order valence-corrected chi connectivity index (χ4v) is 2.58. The summed E-state index contributed by atoms with van der Waals surface area (Å²) in [6.45, 7) is 0. The predicted molar refractivity (Wildman–Crippen MR) is 85.8 cm³/mol. The second kappa shape index (κ2) is 6.89. The maximum atomic E-state index is 10.6. The van der Waals surface area contributed by atoms with Crippen LogP contribution in [0.25, 0.3) is 0 Å². The molecule has 0 amide bonds. The Kier molecular flexibility index (Phi) is 4.49. The number of nitrogens with zero attached hydrogens (tertiary/aromatic N) is 3. The molecule has 0 saturated carbocycles. The molecule has 114 valence electrons. The summed E-state index contributed by atoms with van der Waals surface area (Å²) in [5, 5.41) is 10.6. The lowest BCUT2D eigenvalue weighted by molar-refractivity contribution is -0.385. The Morgan fingerprint density at radius 1 is 0.957 bits per heavy atom. The summed E-state index contributed by atoms with van der Waals surface area (Å²) in [7, 11) is 0. The molecule has 0 unspecified atom stereocenters. The molecule has 2 heterocycles. The molecule has 0 aliphatic rings. The third-order valence-corrected chi connectivity index (χ3v) is 3.88. The maximum Gasteiger partial charge on any atom is 0.287 e. The largest absolute Gasteiger partial charge is 0.439 e. The van der Waals surface area contributed by atoms with Gasteiger partial charge in [-0.2, -0.15) is 0 Å². The number of ether oxygens (including phenoxy) is 1. The van der Waals surface area contributed by atoms with Crippen LogP contribution in [0.1, 0.15) is 0 Å². The summed E-state index contributed by atoms with van der Waals surface area (Å²) < 4.78 is 5.57. The molecule has 0 N–H and O–H groups in total. The van der Waals surface area contributed by atoms with Gasteiger partial charge >= 0.3 is 0 Å². The smallest absolute Gasteiger partial charge is 0.287 e. The first-order valence-corrected chi connectivity index (χ1v) is 7.48. The van der Waals surface area contributed by atoms with Crippen molar-refractivity contribution >= 4 is 17.4 Å². The van der Waals surface area contributed by atoms with Gasteiger partial charge in [0.25, 0.3) is 5.69 Å². The molecule has 3 rings (SSSR count). The molecule has 0 aliphatic carbocycles. The molecule has 7 heteroatoms. The van der Waals surface area contributed by atoms with Crippen molar-refractivity contribution in [3.05, 3.63) is 77.2 Å². The van der Waals surface area contributed by atoms with E-state index >= 15 is 0 Å². The lowest BCUT2D eigenvalue weighted by Gasteiger charge is -2.06. The third kappa shape index (κ3) is 4.04. The average molecular weight is 325 g/mol. The van der Waals surface area contributed by atoms with Crippen LogP contribution in [0.15, 0.2) is 76.9 Å². The average Bonchev–Trinajstić information content (AvgIpc) is 2.58. The van der Waals surface area contributed by atoms with Gasteiger partial charge in [-0.05, 0) is 36.4 Å². The van der Waals surface area contributed by atoms with E-state index in [0.717, 1.165) is 9.79 Å². The first-order chi connectivity index (χ1) is 11.2. The number of pyridine rings is 2. The predicted octanol–water partition coefficient (Wildman–Crippen LogP) is 4.33. The van der Waals surface area contributed by atoms with Crippen LogP contribution in [-0.2, 0) is 0 Å². The van der Waals surface area contributed by atoms with Crippen LogP contribution >= 0.6 is 11.8 Å². The third-order valence-electron chi connectivity index (χ3n) is 2.86. The highest BCUT2D eigenvalue weighted by Crippen LogP contribution is 2.29. The molecule has 0 spiro atoms. The summed E-state index contributed by atoms with van der Waals surface area (Å²) >= 11 is 1.62. The second-order valence-corrected chi connectivity index (χ2v) is 5.62. The van der Waals surface area contributed by atoms with Gasteiger partial charge in [0.15, 0.2) is 0 Å². The number of benzene rings is 1. The van der Waals surface area contributed by atoms with Crippen LogP contribution in [0.5, 0.6) is 11.6 Å². The van der Waals surface area contributed by atoms with Crippen molar-refractivity contribution in [2.24, 2.45) is 0 Å². The van der Waals surface area contributed by atoms with E-state index in [0.29, 0.717) is 11.6 Å². The van der Waals surface area contributed by atoms with Crippen molar-refractivity contribution in [1.29, 1.82) is 0 Å². The second-order valence-electron chi connectivity index (χ2n) is 4.47. The van der Waals surface area contributed by atoms with Crippen molar-refractivity contribution in [2.45, 2.75) is 9.79 Å². The lowest BCUT2D eigenvalue weighted by Crippen LogP contribution is -1.91. The van der Waals surface area contributed by atoms with E-state index in [1.54, 1.807) is 24.2 Å². The molecular weight excluding hydrogens is 314 g/mol. The minimum atomic E-state index is -0.498. The maximum absolute atomic E-state index is 10.6. The standard InChI is InChI=1S/C16H11N3O3S/c20-19(21)12-1-6-16(18-11-12)22-13-2-4-14(5-3-13)23-15-7-9-17-10-8-15/h1-11H. The van der Waals surface area contributed by atoms with Crippen LogP contribution in [0.2, 0.25) is 0 Å². The van der Waals surface area contributed by atoms with Crippen LogP contribution in [0, 0.1) is 10.1 Å². The van der Waals surface area contributed by atoms with E-state index in [1.807, 2.05) is 36.4 Å². The molecular formula is C16H11N3O3S. The van der Waals surface area contributed by atoms with Crippen molar-refractivity contribution in [3.8, 4) is 11.6 Å². The van der Waals surface area contributed by atoms with Gasteiger partial charge in [0, 0.05) is 34.3 Å². The van der Waals surface area contributed by atoms with Gasteiger partial charge in [0.1, 0.15) is 11.9 Å². The normalized spacial score (nSPS) is 10.3. The zero-order valence-corrected chi connectivity index (χ0v) is 12.6. The molecule has 6 nitrogen and oxygen atoms in total. The number of hydrogen-bond donors (Lipinski definition) is 0. The van der Waals surface area contributed by atoms with Gasteiger partial charge < -0.3 is 4.74 Å². The van der Waals surface area contributed by atoms with Gasteiger partial charge in [0.05, 0.1) is 4.92 Å². The van der Waals surface area contributed by atoms with Crippen LogP contribution in [-0.4, -0.2) is 14.9 Å². The van der Waals surface area contributed by atoms with Crippen molar-refractivity contribution in [2.75, 3.05) is 0 Å². The van der Waals surface area contributed by atoms with Gasteiger partial charge in [-0.3, -0.25) is 15.1 Å². The molecule has 0 aliphatic heterocycles. The van der Waals surface area contributed by atoms with Gasteiger partial charge in [-0.25, -0.2) is 4.98 Å². The summed E-state index contributed by atoms with van der Waals surface area (Å²) in [4.78, 5) is 20.1. The minimum Gasteiger partial charge on any atom is -0.439 e. The first kappa shape index (κ1) is 15.0. The molecule has 0 atom stereocenters. The number of aromatic nitrogens is 2. The minimum absolute atomic E-state index is 0.0681. The van der Waals surface area contributed by atoms with E-state index in [1.165, 1.54) is 18.3 Å². The number of hydrogen-bond acceptors (Lipinski definition) is 6. The Hall–Kier alpha value is -2.93. The van der Waals surface area contributed by atoms with E-state index < -0.39 is 4.92 Å². The fourth-order valence-electron chi connectivity index (χ4n) is 1.78. The molecule has 0 fully saturated rings. The zero-order chi connectivity index (χ0) is 16.1. The van der Waals surface area contributed by atoms with Gasteiger partial charge in [-0.15, -0.1) is 0 Å². The highest BCUT2D eigenvalue weighted by molar-refractivity contribution is 7.99. The molecule has 0 radical (unpaired) electrons. The lowest BCUT2D eigenvalue weighted by atomic mass is 10.3. The number of rotatable bonds is 5. The van der Waals surface area contributed by atoms with Gasteiger partial charge in [-0.1, -0.05) is 11.8 Å². The SMILES string of the molecule is O=[N+]([O-])c1ccc(Oc2ccc(Sc3ccncc3)cc2)nc1. The first-order valence-electron chi connectivity index (χ1n) is 6.67. The topological polar surface area (TPSA) is 78.2 Å². The van der Waals surface area contributed by atoms with E-state index in [9.17, 15) is 10.1 Å². The Morgan fingerprint density at radius 2 is 1.65 bits per heavy atom. The fraction of sp³-hybridized carbons (Fsp3) is 0. The monoisotopic (exact) mass is 325 g/mol. The summed E-state index contributed by atoms with van der Waals surface area (Å²) in [6.07, 6.45) is 4.67. The molecule has 2 aromatic heterocycles. The highest BCUT2D eigenvalue weighted by atomic mass is 32.2. The van der Waals surface area contributed by atoms with Crippen LogP contribution < -0.4 is 4.74 Å². The molecule has 0 saturated heterocycles. The Morgan fingerprint density at radius 3 is 2.26 bits per heavy atom. The van der Waals surface area contributed by atoms with E-state index in [-0.39, 0.29) is 5.69 Å². The molecule has 3 aromatic rings. The molecule has 1 aromatic carbocycles. The summed E-state index contributed by atoms with van der Waals surface area (Å²) in [6, 6.07) is 14.2. The van der Waals surface area contributed by atoms with E-state index in [4.69, 9.17) is 4.74 Å². The molecule has 23 heavy (non-hydrogen) atoms. The van der Waals surface area contributed by atoms with Crippen LogP contribution in [0.4, 0.5) is 5.69 Å². The highest BCUT2D eigenvalue weighted by Gasteiger charge is 2.06. The Balaban J connectivity index is 1.66. The van der Waals surface area contributed by atoms with E-state index in [2.05, 4.69) is 9.97 Å². The molecule has 0 bridgehead atoms. The number of nitro groups is 1. The quantitative estimate of drug-likeness (QED) is 0.513. The van der Waals surface area contributed by atoms with Crippen molar-refractivity contribution in [1.82, 2.24) is 9.97 Å².